The Bertz CT molecular complexity index is 1550. The predicted octanol–water partition coefficient (Wildman–Crippen LogP) is 6.60. The fourth-order valence-corrected chi connectivity index (χ4v) is 4.88. The number of methoxy groups -OCH3 is 2. The lowest BCUT2D eigenvalue weighted by molar-refractivity contribution is 0.379. The first-order valence-electron chi connectivity index (χ1n) is 11.1. The summed E-state index contributed by atoms with van der Waals surface area (Å²) in [6.45, 7) is 0. The van der Waals surface area contributed by atoms with Crippen molar-refractivity contribution in [3.63, 3.8) is 0 Å². The molecule has 0 aliphatic heterocycles. The molecule has 0 spiro atoms. The Balaban J connectivity index is 1.28. The SMILES string of the molecule is COc1cc2c(NSc3cc4ccccc4c(F)c3OC)noc2cc1Nc1cc(C2CC2)[nH]n1. The monoisotopic (exact) mass is 491 g/mol. The van der Waals surface area contributed by atoms with Gasteiger partial charge in [-0.2, -0.15) is 5.10 Å². The predicted molar refractivity (Wildman–Crippen MR) is 134 cm³/mol. The van der Waals surface area contributed by atoms with Crippen LogP contribution < -0.4 is 19.5 Å². The van der Waals surface area contributed by atoms with Crippen LogP contribution in [0.1, 0.15) is 24.5 Å². The molecule has 8 nitrogen and oxygen atoms in total. The molecular weight excluding hydrogens is 469 g/mol. The quantitative estimate of drug-likeness (QED) is 0.209. The van der Waals surface area contributed by atoms with Gasteiger partial charge in [0, 0.05) is 29.1 Å². The lowest BCUT2D eigenvalue weighted by Gasteiger charge is -2.12. The second kappa shape index (κ2) is 8.70. The van der Waals surface area contributed by atoms with E-state index in [4.69, 9.17) is 14.0 Å². The van der Waals surface area contributed by atoms with Gasteiger partial charge in [0.2, 0.25) is 0 Å². The number of hydrogen-bond donors (Lipinski definition) is 3. The van der Waals surface area contributed by atoms with E-state index in [1.165, 1.54) is 31.9 Å². The second-order valence-corrected chi connectivity index (χ2v) is 9.18. The van der Waals surface area contributed by atoms with E-state index in [1.54, 1.807) is 19.2 Å². The summed E-state index contributed by atoms with van der Waals surface area (Å²) in [5, 5.41) is 16.9. The third-order valence-electron chi connectivity index (χ3n) is 6.04. The largest absolute Gasteiger partial charge is 0.495 e. The van der Waals surface area contributed by atoms with Gasteiger partial charge in [-0.25, -0.2) is 4.39 Å². The fraction of sp³-hybridized carbons (Fsp3) is 0.200. The van der Waals surface area contributed by atoms with Crippen molar-refractivity contribution in [3.05, 3.63) is 60.0 Å². The third-order valence-corrected chi connectivity index (χ3v) is 6.86. The summed E-state index contributed by atoms with van der Waals surface area (Å²) in [5.74, 6) is 2.16. The second-order valence-electron chi connectivity index (χ2n) is 8.33. The number of halogens is 1. The lowest BCUT2D eigenvalue weighted by Crippen LogP contribution is -1.96. The van der Waals surface area contributed by atoms with Crippen molar-refractivity contribution in [2.75, 3.05) is 24.3 Å². The maximum atomic E-state index is 15.0. The third kappa shape index (κ3) is 3.99. The van der Waals surface area contributed by atoms with Gasteiger partial charge in [-0.05, 0) is 42.3 Å². The van der Waals surface area contributed by atoms with Crippen molar-refractivity contribution in [1.29, 1.82) is 0 Å². The molecule has 1 fully saturated rings. The van der Waals surface area contributed by atoms with Gasteiger partial charge in [0.1, 0.15) is 5.75 Å². The van der Waals surface area contributed by atoms with E-state index >= 15 is 0 Å². The first-order valence-corrected chi connectivity index (χ1v) is 11.9. The standard InChI is InChI=1S/C25H22FN5O3S/c1-32-20-10-16-19(11-18(20)27-22-12-17(28-29-22)13-7-8-13)34-30-25(16)31-35-21-9-14-5-3-4-6-15(14)23(26)24(21)33-2/h3-6,9-13H,7-8H2,1-2H3,(H,30,31)(H2,27,28,29). The summed E-state index contributed by atoms with van der Waals surface area (Å²) >= 11 is 1.20. The number of fused-ring (bicyclic) bond motifs is 2. The number of aromatic amines is 1. The first kappa shape index (κ1) is 21.6. The van der Waals surface area contributed by atoms with Crippen molar-refractivity contribution < 1.29 is 18.4 Å². The van der Waals surface area contributed by atoms with Crippen LogP contribution in [0.15, 0.2) is 57.9 Å². The highest BCUT2D eigenvalue weighted by Gasteiger charge is 2.26. The van der Waals surface area contributed by atoms with Crippen LogP contribution >= 0.6 is 11.9 Å². The summed E-state index contributed by atoms with van der Waals surface area (Å²) in [6.07, 6.45) is 2.39. The highest BCUT2D eigenvalue weighted by atomic mass is 32.2. The van der Waals surface area contributed by atoms with Crippen molar-refractivity contribution in [1.82, 2.24) is 15.4 Å². The minimum Gasteiger partial charge on any atom is -0.495 e. The first-order chi connectivity index (χ1) is 17.1. The average molecular weight is 492 g/mol. The van der Waals surface area contributed by atoms with Crippen molar-refractivity contribution in [3.8, 4) is 11.5 Å². The maximum Gasteiger partial charge on any atom is 0.187 e. The van der Waals surface area contributed by atoms with Gasteiger partial charge >= 0.3 is 0 Å². The number of ether oxygens (including phenoxy) is 2. The van der Waals surface area contributed by atoms with E-state index < -0.39 is 5.82 Å². The number of nitrogens with zero attached hydrogens (tertiary/aromatic N) is 2. The lowest BCUT2D eigenvalue weighted by atomic mass is 10.1. The molecule has 2 heterocycles. The van der Waals surface area contributed by atoms with Crippen LogP contribution in [-0.2, 0) is 0 Å². The highest BCUT2D eigenvalue weighted by molar-refractivity contribution is 8.00. The molecule has 2 aromatic heterocycles. The van der Waals surface area contributed by atoms with Gasteiger partial charge in [-0.15, -0.1) is 0 Å². The van der Waals surface area contributed by atoms with Gasteiger partial charge in [0.05, 0.1) is 30.2 Å². The van der Waals surface area contributed by atoms with Gasteiger partial charge < -0.3 is 24.0 Å². The molecule has 3 N–H and O–H groups in total. The Kier molecular flexibility index (Phi) is 5.37. The molecule has 0 bridgehead atoms. The van der Waals surface area contributed by atoms with Gasteiger partial charge in [-0.3, -0.25) is 5.10 Å². The summed E-state index contributed by atoms with van der Waals surface area (Å²) < 4.78 is 34.7. The minimum absolute atomic E-state index is 0.169. The van der Waals surface area contributed by atoms with E-state index in [0.717, 1.165) is 16.5 Å². The Labute approximate surface area is 204 Å². The number of nitrogens with one attached hydrogen (secondary N) is 3. The van der Waals surface area contributed by atoms with Gasteiger partial charge in [-0.1, -0.05) is 29.4 Å². The summed E-state index contributed by atoms with van der Waals surface area (Å²) in [4.78, 5) is 0.593. The van der Waals surface area contributed by atoms with Crippen LogP contribution in [0.4, 0.5) is 21.7 Å². The Hall–Kier alpha value is -3.92. The highest BCUT2D eigenvalue weighted by Crippen LogP contribution is 2.42. The van der Waals surface area contributed by atoms with E-state index in [0.29, 0.717) is 44.9 Å². The van der Waals surface area contributed by atoms with Crippen molar-refractivity contribution >= 4 is 51.0 Å². The maximum absolute atomic E-state index is 15.0. The van der Waals surface area contributed by atoms with Crippen molar-refractivity contribution in [2.45, 2.75) is 23.7 Å². The fourth-order valence-electron chi connectivity index (χ4n) is 4.08. The molecule has 0 atom stereocenters. The molecular formula is C25H22FN5O3S. The molecule has 0 amide bonds. The van der Waals surface area contributed by atoms with Crippen LogP contribution in [0.5, 0.6) is 11.5 Å². The number of aromatic nitrogens is 3. The number of hydrogen-bond acceptors (Lipinski definition) is 8. The molecule has 0 radical (unpaired) electrons. The molecule has 1 aliphatic carbocycles. The van der Waals surface area contributed by atoms with Crippen LogP contribution in [0, 0.1) is 5.82 Å². The Morgan fingerprint density at radius 2 is 1.94 bits per heavy atom. The van der Waals surface area contributed by atoms with Crippen LogP contribution in [0.2, 0.25) is 0 Å². The smallest absolute Gasteiger partial charge is 0.187 e. The van der Waals surface area contributed by atoms with Crippen LogP contribution in [-0.4, -0.2) is 29.6 Å². The number of H-pyrrole nitrogens is 1. The van der Waals surface area contributed by atoms with Gasteiger partial charge in [0.25, 0.3) is 0 Å². The summed E-state index contributed by atoms with van der Waals surface area (Å²) in [6, 6.07) is 14.8. The zero-order valence-corrected chi connectivity index (χ0v) is 19.8. The van der Waals surface area contributed by atoms with Crippen LogP contribution in [0.3, 0.4) is 0 Å². The Morgan fingerprint density at radius 3 is 2.74 bits per heavy atom. The molecule has 6 rings (SSSR count). The number of benzene rings is 3. The molecule has 0 unspecified atom stereocenters. The van der Waals surface area contributed by atoms with Gasteiger partial charge in [0.15, 0.2) is 28.8 Å². The summed E-state index contributed by atoms with van der Waals surface area (Å²) in [5.41, 5.74) is 2.41. The Morgan fingerprint density at radius 1 is 1.09 bits per heavy atom. The molecule has 10 heteroatoms. The zero-order chi connectivity index (χ0) is 23.9. The molecule has 0 saturated heterocycles. The minimum atomic E-state index is -0.402. The van der Waals surface area contributed by atoms with Crippen LogP contribution in [0.25, 0.3) is 21.7 Å². The molecule has 5 aromatic rings. The van der Waals surface area contributed by atoms with E-state index in [1.807, 2.05) is 36.4 Å². The van der Waals surface area contributed by atoms with E-state index in [9.17, 15) is 4.39 Å². The number of anilines is 3. The zero-order valence-electron chi connectivity index (χ0n) is 19.0. The van der Waals surface area contributed by atoms with E-state index in [2.05, 4.69) is 25.4 Å². The molecule has 178 valence electrons. The number of rotatable bonds is 8. The summed E-state index contributed by atoms with van der Waals surface area (Å²) in [7, 11) is 3.06. The molecule has 1 aliphatic rings. The molecule has 35 heavy (non-hydrogen) atoms. The molecule has 3 aromatic carbocycles. The average Bonchev–Trinajstić information content (AvgIpc) is 3.50. The molecule has 1 saturated carbocycles. The van der Waals surface area contributed by atoms with E-state index in [-0.39, 0.29) is 5.75 Å². The normalized spacial score (nSPS) is 13.3. The van der Waals surface area contributed by atoms with Crippen molar-refractivity contribution in [2.24, 2.45) is 0 Å². The topological polar surface area (TPSA) is 97.2 Å².